The molecule has 2 bridgehead atoms. The zero-order chi connectivity index (χ0) is 7.42. The summed E-state index contributed by atoms with van der Waals surface area (Å²) >= 11 is 0. The van der Waals surface area contributed by atoms with Crippen LogP contribution in [0, 0.1) is 23.7 Å². The molecule has 0 radical (unpaired) electrons. The molecule has 2 saturated carbocycles. The van der Waals surface area contributed by atoms with Crippen LogP contribution in [0.4, 0.5) is 0 Å². The molecule has 0 heterocycles. The highest BCUT2D eigenvalue weighted by atomic mass is 16.3. The van der Waals surface area contributed by atoms with Gasteiger partial charge in [-0.1, -0.05) is 12.2 Å². The molecule has 0 aromatic rings. The molecular formula is C10H14O. The van der Waals surface area contributed by atoms with E-state index in [1.54, 1.807) is 0 Å². The van der Waals surface area contributed by atoms with Crippen LogP contribution in [0.5, 0.6) is 0 Å². The fraction of sp³-hybridized carbons (Fsp3) is 0.800. The summed E-state index contributed by atoms with van der Waals surface area (Å²) in [7, 11) is 0. The summed E-state index contributed by atoms with van der Waals surface area (Å²) in [6.07, 6.45) is 8.38. The van der Waals surface area contributed by atoms with E-state index in [-0.39, 0.29) is 6.10 Å². The molecule has 0 amide bonds. The monoisotopic (exact) mass is 150 g/mol. The summed E-state index contributed by atoms with van der Waals surface area (Å²) in [5, 5.41) is 9.63. The van der Waals surface area contributed by atoms with Crippen LogP contribution in [-0.4, -0.2) is 11.2 Å². The van der Waals surface area contributed by atoms with E-state index in [9.17, 15) is 5.11 Å². The van der Waals surface area contributed by atoms with Gasteiger partial charge < -0.3 is 5.11 Å². The first kappa shape index (κ1) is 6.24. The molecule has 0 aromatic carbocycles. The van der Waals surface area contributed by atoms with Crippen LogP contribution in [0.1, 0.15) is 19.3 Å². The number of allylic oxidation sites excluding steroid dienone is 2. The fourth-order valence-corrected chi connectivity index (χ4v) is 3.51. The highest BCUT2D eigenvalue weighted by Crippen LogP contribution is 2.56. The quantitative estimate of drug-likeness (QED) is 0.520. The molecule has 11 heavy (non-hydrogen) atoms. The van der Waals surface area contributed by atoms with Crippen LogP contribution >= 0.6 is 0 Å². The lowest BCUT2D eigenvalue weighted by Crippen LogP contribution is -2.27. The molecule has 60 valence electrons. The summed E-state index contributed by atoms with van der Waals surface area (Å²) in [5.41, 5.74) is 0. The van der Waals surface area contributed by atoms with Crippen LogP contribution in [-0.2, 0) is 0 Å². The molecule has 0 aliphatic heterocycles. The lowest BCUT2D eigenvalue weighted by molar-refractivity contribution is 0.0746. The Kier molecular flexibility index (Phi) is 1.07. The van der Waals surface area contributed by atoms with Gasteiger partial charge >= 0.3 is 0 Å². The standard InChI is InChI=1S/C10H14O/c11-10-5-6-4-9(10)8-3-1-2-7(6)8/h1,3,6-11H,2,4-5H2/t6?,7?,8?,9-,10?/m0/s1. The topological polar surface area (TPSA) is 20.2 Å². The van der Waals surface area contributed by atoms with Crippen molar-refractivity contribution in [2.24, 2.45) is 23.7 Å². The highest BCUT2D eigenvalue weighted by Gasteiger charge is 2.51. The zero-order valence-electron chi connectivity index (χ0n) is 6.61. The molecule has 0 saturated heterocycles. The Morgan fingerprint density at radius 3 is 3.00 bits per heavy atom. The zero-order valence-corrected chi connectivity index (χ0v) is 6.61. The van der Waals surface area contributed by atoms with Crippen molar-refractivity contribution < 1.29 is 5.11 Å². The number of fused-ring (bicyclic) bond motifs is 5. The van der Waals surface area contributed by atoms with Crippen molar-refractivity contribution in [3.05, 3.63) is 12.2 Å². The van der Waals surface area contributed by atoms with E-state index in [0.29, 0.717) is 5.92 Å². The van der Waals surface area contributed by atoms with Gasteiger partial charge in [-0.3, -0.25) is 0 Å². The third-order valence-electron chi connectivity index (χ3n) is 3.97. The molecule has 0 aromatic heterocycles. The van der Waals surface area contributed by atoms with Gasteiger partial charge in [0.2, 0.25) is 0 Å². The van der Waals surface area contributed by atoms with E-state index >= 15 is 0 Å². The first-order chi connectivity index (χ1) is 5.36. The second-order valence-electron chi connectivity index (χ2n) is 4.37. The predicted octanol–water partition coefficient (Wildman–Crippen LogP) is 1.58. The van der Waals surface area contributed by atoms with Gasteiger partial charge in [0.25, 0.3) is 0 Å². The average Bonchev–Trinajstić information content (AvgIpc) is 2.52. The van der Waals surface area contributed by atoms with Gasteiger partial charge in [0.15, 0.2) is 0 Å². The van der Waals surface area contributed by atoms with Crippen molar-refractivity contribution in [2.75, 3.05) is 0 Å². The normalized spacial score (nSPS) is 58.8. The minimum absolute atomic E-state index is 0.0315. The first-order valence-electron chi connectivity index (χ1n) is 4.71. The van der Waals surface area contributed by atoms with Gasteiger partial charge in [-0.05, 0) is 42.9 Å². The van der Waals surface area contributed by atoms with Crippen molar-refractivity contribution in [3.8, 4) is 0 Å². The van der Waals surface area contributed by atoms with E-state index in [1.807, 2.05) is 0 Å². The molecule has 4 unspecified atom stereocenters. The van der Waals surface area contributed by atoms with Crippen LogP contribution in [0.2, 0.25) is 0 Å². The van der Waals surface area contributed by atoms with Gasteiger partial charge in [0, 0.05) is 0 Å². The molecule has 3 aliphatic carbocycles. The van der Waals surface area contributed by atoms with E-state index in [1.165, 1.54) is 12.8 Å². The Morgan fingerprint density at radius 2 is 2.09 bits per heavy atom. The molecule has 3 rings (SSSR count). The van der Waals surface area contributed by atoms with Crippen molar-refractivity contribution in [3.63, 3.8) is 0 Å². The Labute approximate surface area is 67.1 Å². The molecule has 5 atom stereocenters. The number of aliphatic hydroxyl groups excluding tert-OH is 1. The maximum Gasteiger partial charge on any atom is 0.0577 e. The fourth-order valence-electron chi connectivity index (χ4n) is 3.51. The Morgan fingerprint density at radius 1 is 1.18 bits per heavy atom. The molecule has 1 nitrogen and oxygen atoms in total. The minimum atomic E-state index is 0.0315. The summed E-state index contributed by atoms with van der Waals surface area (Å²) in [5.74, 6) is 3.16. The van der Waals surface area contributed by atoms with E-state index < -0.39 is 0 Å². The maximum absolute atomic E-state index is 9.63. The highest BCUT2D eigenvalue weighted by molar-refractivity contribution is 5.14. The average molecular weight is 150 g/mol. The summed E-state index contributed by atoms with van der Waals surface area (Å²) in [6, 6.07) is 0. The van der Waals surface area contributed by atoms with Gasteiger partial charge in [-0.2, -0.15) is 0 Å². The van der Waals surface area contributed by atoms with E-state index in [0.717, 1.165) is 24.2 Å². The number of rotatable bonds is 0. The van der Waals surface area contributed by atoms with Gasteiger partial charge in [-0.25, -0.2) is 0 Å². The van der Waals surface area contributed by atoms with Gasteiger partial charge in [0.05, 0.1) is 6.10 Å². The van der Waals surface area contributed by atoms with Crippen molar-refractivity contribution in [1.29, 1.82) is 0 Å². The summed E-state index contributed by atoms with van der Waals surface area (Å²) in [6.45, 7) is 0. The molecular weight excluding hydrogens is 136 g/mol. The number of hydrogen-bond acceptors (Lipinski definition) is 1. The number of aliphatic hydroxyl groups is 1. The second-order valence-corrected chi connectivity index (χ2v) is 4.37. The van der Waals surface area contributed by atoms with Crippen molar-refractivity contribution in [2.45, 2.75) is 25.4 Å². The predicted molar refractivity (Wildman–Crippen MR) is 43.0 cm³/mol. The Balaban J connectivity index is 1.94. The van der Waals surface area contributed by atoms with Gasteiger partial charge in [0.1, 0.15) is 0 Å². The summed E-state index contributed by atoms with van der Waals surface area (Å²) in [4.78, 5) is 0. The maximum atomic E-state index is 9.63. The first-order valence-corrected chi connectivity index (χ1v) is 4.71. The molecule has 2 fully saturated rings. The lowest BCUT2D eigenvalue weighted by atomic mass is 9.80. The van der Waals surface area contributed by atoms with Crippen molar-refractivity contribution in [1.82, 2.24) is 0 Å². The third-order valence-corrected chi connectivity index (χ3v) is 3.97. The van der Waals surface area contributed by atoms with Crippen LogP contribution in [0.3, 0.4) is 0 Å². The molecule has 1 N–H and O–H groups in total. The summed E-state index contributed by atoms with van der Waals surface area (Å²) < 4.78 is 0. The van der Waals surface area contributed by atoms with Crippen LogP contribution in [0.25, 0.3) is 0 Å². The largest absolute Gasteiger partial charge is 0.393 e. The van der Waals surface area contributed by atoms with E-state index in [2.05, 4.69) is 12.2 Å². The Bertz CT molecular complexity index is 209. The number of hydrogen-bond donors (Lipinski definition) is 1. The second kappa shape index (κ2) is 1.89. The smallest absolute Gasteiger partial charge is 0.0577 e. The molecule has 1 heteroatoms. The van der Waals surface area contributed by atoms with Crippen LogP contribution < -0.4 is 0 Å². The van der Waals surface area contributed by atoms with Crippen molar-refractivity contribution >= 4 is 0 Å². The van der Waals surface area contributed by atoms with E-state index in [4.69, 9.17) is 0 Å². The Hall–Kier alpha value is -0.300. The molecule has 0 spiro atoms. The molecule has 3 aliphatic rings. The minimum Gasteiger partial charge on any atom is -0.393 e. The SMILES string of the molecule is OC1CC2C[C@H]1C1C=CCC21. The van der Waals surface area contributed by atoms with Gasteiger partial charge in [-0.15, -0.1) is 0 Å². The lowest BCUT2D eigenvalue weighted by Gasteiger charge is -2.27. The third kappa shape index (κ3) is 0.652. The van der Waals surface area contributed by atoms with Crippen LogP contribution in [0.15, 0.2) is 12.2 Å².